The maximum absolute atomic E-state index is 12.3. The summed E-state index contributed by atoms with van der Waals surface area (Å²) in [4.78, 5) is 10.5. The van der Waals surface area contributed by atoms with Crippen LogP contribution in [0.2, 0.25) is 0 Å². The van der Waals surface area contributed by atoms with Gasteiger partial charge in [-0.25, -0.2) is 13.9 Å². The third-order valence-electron chi connectivity index (χ3n) is 1.21. The molecule has 0 aromatic heterocycles. The number of phosphoric ester groups is 1. The Labute approximate surface area is 107 Å². The summed E-state index contributed by atoms with van der Waals surface area (Å²) < 4.78 is 27.0. The molecule has 0 heterocycles. The van der Waals surface area contributed by atoms with Gasteiger partial charge in [-0.15, -0.1) is 0 Å². The van der Waals surface area contributed by atoms with Gasteiger partial charge in [0, 0.05) is 0 Å². The number of aliphatic carboxylic acids is 1. The lowest BCUT2D eigenvalue weighted by Crippen LogP contribution is -2.29. The molecule has 0 aromatic rings. The van der Waals surface area contributed by atoms with Crippen LogP contribution in [0, 0.1) is 0 Å². The second-order valence-electron chi connectivity index (χ2n) is 5.65. The molecule has 0 aliphatic rings. The number of carbonyl (C=O) groups is 1. The van der Waals surface area contributed by atoms with Crippen molar-refractivity contribution in [2.45, 2.75) is 59.0 Å². The predicted octanol–water partition coefficient (Wildman–Crippen LogP) is 2.14. The van der Waals surface area contributed by atoms with Gasteiger partial charge in [0.25, 0.3) is 6.29 Å². The van der Waals surface area contributed by atoms with Crippen LogP contribution < -0.4 is 0 Å². The van der Waals surface area contributed by atoms with Crippen LogP contribution in [-0.2, 0) is 22.9 Å². The molecule has 0 saturated heterocycles. The van der Waals surface area contributed by atoms with Crippen molar-refractivity contribution in [3.63, 3.8) is 0 Å². The maximum Gasteiger partial charge on any atom is 0.478 e. The van der Waals surface area contributed by atoms with E-state index in [1.807, 2.05) is 0 Å². The molecule has 0 aliphatic carbocycles. The van der Waals surface area contributed by atoms with Gasteiger partial charge in [-0.3, -0.25) is 9.05 Å². The van der Waals surface area contributed by atoms with Crippen molar-refractivity contribution in [1.29, 1.82) is 0 Å². The molecule has 0 radical (unpaired) electrons. The molecule has 0 aliphatic heterocycles. The standard InChI is InChI=1S/C10H21O7P/c1-9(2,3)16-18(14,17-10(4,5)6)15-8(13)7(11)12/h8,13H,1-6H3,(H,11,12). The maximum atomic E-state index is 12.3. The molecule has 0 saturated carbocycles. The van der Waals surface area contributed by atoms with E-state index >= 15 is 0 Å². The van der Waals surface area contributed by atoms with E-state index < -0.39 is 31.3 Å². The lowest BCUT2D eigenvalue weighted by Gasteiger charge is -2.31. The van der Waals surface area contributed by atoms with E-state index in [1.165, 1.54) is 0 Å². The normalized spacial score (nSPS) is 15.5. The van der Waals surface area contributed by atoms with E-state index in [9.17, 15) is 9.36 Å². The largest absolute Gasteiger partial charge is 0.478 e. The summed E-state index contributed by atoms with van der Waals surface area (Å²) in [5.74, 6) is -1.68. The number of carboxylic acid groups (broad SMARTS) is 1. The summed E-state index contributed by atoms with van der Waals surface area (Å²) in [7, 11) is -4.20. The lowest BCUT2D eigenvalue weighted by atomic mass is 10.2. The fourth-order valence-corrected chi connectivity index (χ4v) is 2.70. The van der Waals surface area contributed by atoms with Crippen LogP contribution in [0.1, 0.15) is 41.5 Å². The molecule has 2 N–H and O–H groups in total. The minimum atomic E-state index is -4.20. The molecule has 7 nitrogen and oxygen atoms in total. The molecule has 8 heteroatoms. The molecule has 0 rings (SSSR count). The van der Waals surface area contributed by atoms with E-state index in [4.69, 9.17) is 19.3 Å². The average molecular weight is 284 g/mol. The van der Waals surface area contributed by atoms with Gasteiger partial charge in [0.1, 0.15) is 0 Å². The number of rotatable bonds is 5. The Bertz CT molecular complexity index is 319. The number of aliphatic hydroxyl groups is 1. The third kappa shape index (κ3) is 7.79. The molecular weight excluding hydrogens is 263 g/mol. The zero-order valence-corrected chi connectivity index (χ0v) is 12.4. The van der Waals surface area contributed by atoms with Crippen LogP contribution in [0.25, 0.3) is 0 Å². The molecule has 0 amide bonds. The van der Waals surface area contributed by atoms with Crippen molar-refractivity contribution in [3.8, 4) is 0 Å². The fourth-order valence-electron chi connectivity index (χ4n) is 0.900. The first kappa shape index (κ1) is 17.5. The van der Waals surface area contributed by atoms with Gasteiger partial charge >= 0.3 is 13.8 Å². The van der Waals surface area contributed by atoms with E-state index in [2.05, 4.69) is 4.52 Å². The van der Waals surface area contributed by atoms with Crippen molar-refractivity contribution < 1.29 is 33.1 Å². The minimum Gasteiger partial charge on any atom is -0.477 e. The van der Waals surface area contributed by atoms with Crippen LogP contribution in [-0.4, -0.2) is 33.7 Å². The van der Waals surface area contributed by atoms with Crippen molar-refractivity contribution >= 4 is 13.8 Å². The molecule has 0 fully saturated rings. The van der Waals surface area contributed by atoms with Crippen molar-refractivity contribution in [2.75, 3.05) is 0 Å². The zero-order valence-electron chi connectivity index (χ0n) is 11.5. The summed E-state index contributed by atoms with van der Waals surface area (Å²) in [5, 5.41) is 17.6. The van der Waals surface area contributed by atoms with Gasteiger partial charge in [-0.2, -0.15) is 0 Å². The lowest BCUT2D eigenvalue weighted by molar-refractivity contribution is -0.167. The van der Waals surface area contributed by atoms with Gasteiger partial charge in [0.15, 0.2) is 0 Å². The van der Waals surface area contributed by atoms with Crippen LogP contribution in [0.3, 0.4) is 0 Å². The first-order valence-electron chi connectivity index (χ1n) is 5.35. The van der Waals surface area contributed by atoms with Crippen LogP contribution >= 0.6 is 7.82 Å². The summed E-state index contributed by atoms with van der Waals surface area (Å²) in [6.07, 6.45) is -2.28. The molecule has 1 unspecified atom stereocenters. The highest BCUT2D eigenvalue weighted by Gasteiger charge is 2.40. The number of hydrogen-bond donors (Lipinski definition) is 2. The Balaban J connectivity index is 5.05. The van der Waals surface area contributed by atoms with Crippen molar-refractivity contribution in [2.24, 2.45) is 0 Å². The average Bonchev–Trinajstić information content (AvgIpc) is 1.93. The molecule has 1 atom stereocenters. The molecule has 0 bridgehead atoms. The highest BCUT2D eigenvalue weighted by Crippen LogP contribution is 2.55. The van der Waals surface area contributed by atoms with Gasteiger partial charge in [-0.1, -0.05) is 0 Å². The van der Waals surface area contributed by atoms with E-state index in [1.54, 1.807) is 41.5 Å². The SMILES string of the molecule is CC(C)(C)OP(=O)(OC(O)C(=O)O)OC(C)(C)C. The monoisotopic (exact) mass is 284 g/mol. The third-order valence-corrected chi connectivity index (χ3v) is 3.21. The Morgan fingerprint density at radius 3 is 1.61 bits per heavy atom. The highest BCUT2D eigenvalue weighted by molar-refractivity contribution is 7.48. The van der Waals surface area contributed by atoms with E-state index in [0.717, 1.165) is 0 Å². The van der Waals surface area contributed by atoms with Crippen molar-refractivity contribution in [1.82, 2.24) is 0 Å². The Kier molecular flexibility index (Phi) is 5.53. The molecule has 108 valence electrons. The molecular formula is C10H21O7P. The topological polar surface area (TPSA) is 102 Å². The first-order chi connectivity index (χ1) is 7.74. The Morgan fingerprint density at radius 2 is 1.39 bits per heavy atom. The second kappa shape index (κ2) is 5.67. The molecule has 0 spiro atoms. The second-order valence-corrected chi connectivity index (χ2v) is 7.12. The summed E-state index contributed by atoms with van der Waals surface area (Å²) in [6.45, 7) is 9.60. The summed E-state index contributed by atoms with van der Waals surface area (Å²) >= 11 is 0. The van der Waals surface area contributed by atoms with Crippen LogP contribution in [0.15, 0.2) is 0 Å². The van der Waals surface area contributed by atoms with Gasteiger partial charge in [0.05, 0.1) is 11.2 Å². The number of aliphatic hydroxyl groups excluding tert-OH is 1. The molecule has 18 heavy (non-hydrogen) atoms. The minimum absolute atomic E-state index is 0.890. The zero-order chi connectivity index (χ0) is 14.8. The van der Waals surface area contributed by atoms with Crippen molar-refractivity contribution in [3.05, 3.63) is 0 Å². The van der Waals surface area contributed by atoms with Gasteiger partial charge in [0.2, 0.25) is 0 Å². The fraction of sp³-hybridized carbons (Fsp3) is 0.900. The smallest absolute Gasteiger partial charge is 0.477 e. The Morgan fingerprint density at radius 1 is 1.06 bits per heavy atom. The first-order valence-corrected chi connectivity index (χ1v) is 6.81. The number of phosphoric acid groups is 1. The van der Waals surface area contributed by atoms with E-state index in [0.29, 0.717) is 0 Å². The summed E-state index contributed by atoms with van der Waals surface area (Å²) in [6, 6.07) is 0. The highest BCUT2D eigenvalue weighted by atomic mass is 31.2. The number of hydrogen-bond acceptors (Lipinski definition) is 6. The molecule has 0 aromatic carbocycles. The van der Waals surface area contributed by atoms with Crippen LogP contribution in [0.5, 0.6) is 0 Å². The number of carboxylic acids is 1. The Hall–Kier alpha value is -0.460. The van der Waals surface area contributed by atoms with E-state index in [-0.39, 0.29) is 0 Å². The quantitative estimate of drug-likeness (QED) is 0.589. The predicted molar refractivity (Wildman–Crippen MR) is 64.0 cm³/mol. The van der Waals surface area contributed by atoms with Crippen LogP contribution in [0.4, 0.5) is 0 Å². The summed E-state index contributed by atoms with van der Waals surface area (Å²) in [5.41, 5.74) is -1.78. The van der Waals surface area contributed by atoms with Gasteiger partial charge < -0.3 is 10.2 Å². The van der Waals surface area contributed by atoms with Gasteiger partial charge in [-0.05, 0) is 41.5 Å².